The zero-order valence-electron chi connectivity index (χ0n) is 17.1. The number of pyridine rings is 2. The first-order chi connectivity index (χ1) is 14.8. The lowest BCUT2D eigenvalue weighted by molar-refractivity contribution is -0.697. The number of anilines is 1. The van der Waals surface area contributed by atoms with Crippen LogP contribution in [0.2, 0.25) is 0 Å². The number of aromatic nitrogens is 2. The van der Waals surface area contributed by atoms with E-state index in [4.69, 9.17) is 0 Å². The summed E-state index contributed by atoms with van der Waals surface area (Å²) in [5.74, 6) is 0. The van der Waals surface area contributed by atoms with E-state index in [1.807, 2.05) is 11.8 Å². The highest BCUT2D eigenvalue weighted by molar-refractivity contribution is 8.03. The molecule has 0 radical (unpaired) electrons. The maximum absolute atomic E-state index is 2.48. The summed E-state index contributed by atoms with van der Waals surface area (Å²) in [6.07, 6.45) is 9.87. The molecule has 0 bridgehead atoms. The van der Waals surface area contributed by atoms with Gasteiger partial charge in [-0.15, -0.1) is 0 Å². The summed E-state index contributed by atoms with van der Waals surface area (Å²) in [7, 11) is 2.10. The third-order valence-corrected chi connectivity index (χ3v) is 6.68. The minimum atomic E-state index is 0.996. The summed E-state index contributed by atoms with van der Waals surface area (Å²) < 4.78 is 4.44. The van der Waals surface area contributed by atoms with Gasteiger partial charge in [0.2, 0.25) is 5.52 Å². The highest BCUT2D eigenvalue weighted by Crippen LogP contribution is 2.46. The van der Waals surface area contributed by atoms with Crippen LogP contribution >= 0.6 is 11.8 Å². The Morgan fingerprint density at radius 2 is 1.67 bits per heavy atom. The molecule has 0 amide bonds. The molecule has 0 N–H and O–H groups in total. The monoisotopic (exact) mass is 411 g/mol. The van der Waals surface area contributed by atoms with Crippen LogP contribution < -0.4 is 14.0 Å². The Hall–Kier alpha value is -3.11. The second-order valence-electron chi connectivity index (χ2n) is 7.57. The van der Waals surface area contributed by atoms with Crippen molar-refractivity contribution >= 4 is 34.4 Å². The Morgan fingerprint density at radius 3 is 2.57 bits per heavy atom. The first kappa shape index (κ1) is 18.9. The maximum Gasteiger partial charge on any atom is 0.212 e. The minimum absolute atomic E-state index is 0.996. The van der Waals surface area contributed by atoms with Crippen molar-refractivity contribution in [3.63, 3.8) is 0 Å². The molecule has 0 spiro atoms. The van der Waals surface area contributed by atoms with Crippen LogP contribution in [0.4, 0.5) is 5.69 Å². The summed E-state index contributed by atoms with van der Waals surface area (Å²) >= 11 is 1.87. The summed E-state index contributed by atoms with van der Waals surface area (Å²) in [6.45, 7) is 2.01. The molecule has 0 unspecified atom stereocenters. The van der Waals surface area contributed by atoms with Crippen LogP contribution in [0, 0.1) is 0 Å². The molecule has 0 aliphatic carbocycles. The summed E-state index contributed by atoms with van der Waals surface area (Å²) in [6, 6.07) is 25.8. The van der Waals surface area contributed by atoms with Crippen LogP contribution in [0.3, 0.4) is 0 Å². The molecule has 3 heterocycles. The van der Waals surface area contributed by atoms with E-state index in [2.05, 4.69) is 119 Å². The molecular weight excluding hydrogens is 386 g/mol. The van der Waals surface area contributed by atoms with E-state index in [1.165, 1.54) is 32.1 Å². The molecule has 0 saturated heterocycles. The fourth-order valence-electron chi connectivity index (χ4n) is 4.03. The molecule has 0 saturated carbocycles. The van der Waals surface area contributed by atoms with Crippen LogP contribution in [0.5, 0.6) is 0 Å². The highest BCUT2D eigenvalue weighted by Gasteiger charge is 2.25. The average Bonchev–Trinajstić information content (AvgIpc) is 3.14. The number of thioether (sulfide) groups is 1. The van der Waals surface area contributed by atoms with Crippen LogP contribution in [0.15, 0.2) is 101 Å². The quantitative estimate of drug-likeness (QED) is 0.430. The number of hydrogen-bond acceptors (Lipinski definition) is 2. The van der Waals surface area contributed by atoms with Gasteiger partial charge in [0.05, 0.1) is 16.1 Å². The van der Waals surface area contributed by atoms with Crippen molar-refractivity contribution in [3.8, 4) is 0 Å². The van der Waals surface area contributed by atoms with Crippen LogP contribution in [-0.4, -0.2) is 6.54 Å². The fourth-order valence-corrected chi connectivity index (χ4v) is 5.17. The molecule has 30 heavy (non-hydrogen) atoms. The molecule has 2 aromatic heterocycles. The van der Waals surface area contributed by atoms with E-state index >= 15 is 0 Å². The van der Waals surface area contributed by atoms with Crippen molar-refractivity contribution in [1.82, 2.24) is 0 Å². The smallest absolute Gasteiger partial charge is 0.212 e. The van der Waals surface area contributed by atoms with Gasteiger partial charge in [0, 0.05) is 42.1 Å². The van der Waals surface area contributed by atoms with Crippen molar-refractivity contribution in [2.24, 2.45) is 7.05 Å². The SMILES string of the molecule is C[n+]1ccc(C=C2Sc3ccccc3N2CCC[n+]2ccccc2)c2ccccc21. The van der Waals surface area contributed by atoms with E-state index in [0.717, 1.165) is 19.5 Å². The lowest BCUT2D eigenvalue weighted by Crippen LogP contribution is -2.34. The number of hydrogen-bond donors (Lipinski definition) is 0. The van der Waals surface area contributed by atoms with Crippen molar-refractivity contribution < 1.29 is 9.13 Å². The Balaban J connectivity index is 1.47. The van der Waals surface area contributed by atoms with E-state index in [9.17, 15) is 0 Å². The summed E-state index contributed by atoms with van der Waals surface area (Å²) in [5, 5.41) is 2.58. The van der Waals surface area contributed by atoms with Gasteiger partial charge >= 0.3 is 0 Å². The maximum atomic E-state index is 2.48. The summed E-state index contributed by atoms with van der Waals surface area (Å²) in [5.41, 5.74) is 3.83. The number of aryl methyl sites for hydroxylation is 2. The molecule has 0 fully saturated rings. The Labute approximate surface area is 181 Å². The first-order valence-corrected chi connectivity index (χ1v) is 11.2. The molecule has 1 aliphatic rings. The van der Waals surface area contributed by atoms with Gasteiger partial charge < -0.3 is 4.90 Å². The number of para-hydroxylation sites is 2. The third kappa shape index (κ3) is 3.71. The van der Waals surface area contributed by atoms with Crippen molar-refractivity contribution in [2.45, 2.75) is 17.9 Å². The first-order valence-electron chi connectivity index (χ1n) is 10.4. The van der Waals surface area contributed by atoms with E-state index < -0.39 is 0 Å². The Bertz CT molecular complexity index is 1220. The average molecular weight is 412 g/mol. The minimum Gasteiger partial charge on any atom is -0.335 e. The number of nitrogens with zero attached hydrogens (tertiary/aromatic N) is 3. The van der Waals surface area contributed by atoms with Gasteiger partial charge in [0.1, 0.15) is 13.6 Å². The fraction of sp³-hybridized carbons (Fsp3) is 0.154. The number of fused-ring (bicyclic) bond motifs is 2. The van der Waals surface area contributed by atoms with Crippen molar-refractivity contribution in [3.05, 3.63) is 102 Å². The highest BCUT2D eigenvalue weighted by atomic mass is 32.2. The zero-order chi connectivity index (χ0) is 20.3. The van der Waals surface area contributed by atoms with Gasteiger partial charge in [-0.1, -0.05) is 42.1 Å². The molecule has 3 nitrogen and oxygen atoms in total. The molecule has 1 aliphatic heterocycles. The molecule has 0 atom stereocenters. The largest absolute Gasteiger partial charge is 0.335 e. The molecule has 148 valence electrons. The van der Waals surface area contributed by atoms with Crippen LogP contribution in [0.1, 0.15) is 12.0 Å². The van der Waals surface area contributed by atoms with Gasteiger partial charge in [0.25, 0.3) is 0 Å². The van der Waals surface area contributed by atoms with Crippen LogP contribution in [-0.2, 0) is 13.6 Å². The topological polar surface area (TPSA) is 11.0 Å². The zero-order valence-corrected chi connectivity index (χ0v) is 17.9. The van der Waals surface area contributed by atoms with Gasteiger partial charge in [-0.3, -0.25) is 0 Å². The lowest BCUT2D eigenvalue weighted by atomic mass is 10.1. The number of rotatable bonds is 5. The lowest BCUT2D eigenvalue weighted by Gasteiger charge is -2.20. The number of benzene rings is 2. The Morgan fingerprint density at radius 1 is 0.867 bits per heavy atom. The molecule has 2 aromatic carbocycles. The van der Waals surface area contributed by atoms with E-state index in [1.54, 1.807) is 0 Å². The van der Waals surface area contributed by atoms with Gasteiger partial charge in [-0.05, 0) is 29.8 Å². The molecule has 5 rings (SSSR count). The molecule has 4 aromatic rings. The predicted octanol–water partition coefficient (Wildman–Crippen LogP) is 4.95. The predicted molar refractivity (Wildman–Crippen MR) is 124 cm³/mol. The molecule has 4 heteroatoms. The second-order valence-corrected chi connectivity index (χ2v) is 8.63. The van der Waals surface area contributed by atoms with Crippen LogP contribution in [0.25, 0.3) is 17.0 Å². The van der Waals surface area contributed by atoms with Gasteiger partial charge in [-0.25, -0.2) is 9.13 Å². The summed E-state index contributed by atoms with van der Waals surface area (Å²) in [4.78, 5) is 3.81. The second kappa shape index (κ2) is 8.33. The van der Waals surface area contributed by atoms with Crippen molar-refractivity contribution in [2.75, 3.05) is 11.4 Å². The standard InChI is InChI=1S/C26H25N3S/c1-27-19-14-21(22-10-3-4-11-23(22)27)20-26-29(24-12-5-6-13-25(24)30-26)18-9-17-28-15-7-2-8-16-28/h2-8,10-16,19-20H,9,17-18H2,1H3/q+2. The van der Waals surface area contributed by atoms with Gasteiger partial charge in [0.15, 0.2) is 18.6 Å². The molecular formula is C26H25N3S+2. The normalized spacial score (nSPS) is 14.4. The van der Waals surface area contributed by atoms with E-state index in [-0.39, 0.29) is 0 Å². The Kier molecular flexibility index (Phi) is 5.24. The van der Waals surface area contributed by atoms with E-state index in [0.29, 0.717) is 0 Å². The van der Waals surface area contributed by atoms with Crippen molar-refractivity contribution in [1.29, 1.82) is 0 Å². The third-order valence-electron chi connectivity index (χ3n) is 5.56. The van der Waals surface area contributed by atoms with Gasteiger partial charge in [-0.2, -0.15) is 0 Å².